The lowest BCUT2D eigenvalue weighted by Gasteiger charge is -2.15. The lowest BCUT2D eigenvalue weighted by Crippen LogP contribution is -2.16. The molecule has 1 heterocycles. The number of nitrogens with one attached hydrogen (secondary N) is 1. The number of carbonyl (C=O) groups excluding carboxylic acids is 1. The second-order valence-electron chi connectivity index (χ2n) is 9.41. The van der Waals surface area contributed by atoms with E-state index < -0.39 is 9.84 Å². The van der Waals surface area contributed by atoms with Crippen molar-refractivity contribution in [3.8, 4) is 0 Å². The molecule has 3 fully saturated rings. The minimum Gasteiger partial charge on any atom is -0.393 e. The second-order valence-corrected chi connectivity index (χ2v) is 11.6. The quantitative estimate of drug-likeness (QED) is 0.623. The third-order valence-electron chi connectivity index (χ3n) is 6.66. The molecular weight excluding hydrogens is 426 g/mol. The van der Waals surface area contributed by atoms with E-state index in [1.54, 1.807) is 36.1 Å². The maximum Gasteiger partial charge on any atom is 0.257 e. The zero-order valence-electron chi connectivity index (χ0n) is 18.2. The molecule has 32 heavy (non-hydrogen) atoms. The van der Waals surface area contributed by atoms with E-state index in [2.05, 4.69) is 10.4 Å². The fourth-order valence-electron chi connectivity index (χ4n) is 4.59. The Hall–Kier alpha value is -2.45. The van der Waals surface area contributed by atoms with E-state index in [-0.39, 0.29) is 29.1 Å². The van der Waals surface area contributed by atoms with Gasteiger partial charge in [0.15, 0.2) is 15.7 Å². The van der Waals surface area contributed by atoms with E-state index >= 15 is 0 Å². The molecule has 170 valence electrons. The molecule has 0 spiro atoms. The zero-order valence-corrected chi connectivity index (χ0v) is 19.0. The van der Waals surface area contributed by atoms with Crippen LogP contribution < -0.4 is 5.32 Å². The summed E-state index contributed by atoms with van der Waals surface area (Å²) in [6.45, 7) is 0. The molecule has 0 bridgehead atoms. The molecule has 3 aliphatic carbocycles. The van der Waals surface area contributed by atoms with Crippen LogP contribution in [0.25, 0.3) is 5.57 Å². The van der Waals surface area contributed by atoms with Crippen LogP contribution in [0.3, 0.4) is 0 Å². The average Bonchev–Trinajstić information content (AvgIpc) is 3.68. The normalized spacial score (nSPS) is 24.0. The smallest absolute Gasteiger partial charge is 0.257 e. The summed E-state index contributed by atoms with van der Waals surface area (Å²) < 4.78 is 27.6. The van der Waals surface area contributed by atoms with Crippen molar-refractivity contribution < 1.29 is 18.3 Å². The van der Waals surface area contributed by atoms with Gasteiger partial charge in [0.1, 0.15) is 0 Å². The highest BCUT2D eigenvalue weighted by atomic mass is 32.2. The molecule has 1 aromatic heterocycles. The summed E-state index contributed by atoms with van der Waals surface area (Å²) >= 11 is 0. The van der Waals surface area contributed by atoms with Gasteiger partial charge in [0.05, 0.1) is 16.2 Å². The van der Waals surface area contributed by atoms with Crippen molar-refractivity contribution in [3.63, 3.8) is 0 Å². The average molecular weight is 456 g/mol. The number of amides is 1. The molecule has 0 aliphatic heterocycles. The number of anilines is 1. The number of carbonyl (C=O) groups is 1. The Labute approximate surface area is 188 Å². The monoisotopic (exact) mass is 455 g/mol. The van der Waals surface area contributed by atoms with Crippen molar-refractivity contribution in [2.24, 2.45) is 13.0 Å². The van der Waals surface area contributed by atoms with Crippen LogP contribution in [0.15, 0.2) is 41.4 Å². The highest BCUT2D eigenvalue weighted by Crippen LogP contribution is 2.46. The van der Waals surface area contributed by atoms with Gasteiger partial charge in [-0.3, -0.25) is 9.48 Å². The van der Waals surface area contributed by atoms with Crippen LogP contribution >= 0.6 is 0 Å². The van der Waals surface area contributed by atoms with Gasteiger partial charge in [-0.25, -0.2) is 8.42 Å². The van der Waals surface area contributed by atoms with Crippen LogP contribution in [0.5, 0.6) is 0 Å². The summed E-state index contributed by atoms with van der Waals surface area (Å²) in [4.78, 5) is 13.7. The van der Waals surface area contributed by atoms with Gasteiger partial charge in [-0.15, -0.1) is 0 Å². The predicted octanol–water partition coefficient (Wildman–Crippen LogP) is 3.42. The first-order chi connectivity index (χ1) is 15.3. The van der Waals surface area contributed by atoms with Crippen molar-refractivity contribution in [2.45, 2.75) is 67.1 Å². The molecule has 2 atom stereocenters. The topological polar surface area (TPSA) is 101 Å². The number of rotatable bonds is 7. The Bertz CT molecular complexity index is 1180. The number of nitrogens with zero attached hydrogens (tertiary/aromatic N) is 2. The molecule has 3 saturated carbocycles. The molecule has 2 aromatic rings. The lowest BCUT2D eigenvalue weighted by atomic mass is 9.95. The molecule has 5 rings (SSSR count). The standard InChI is InChI=1S/C24H29N3O4S/c1-27-11-10-23(26-27)25-24(29)21(13-15-2-6-18(28)12-15)17-5-9-22(20(14-17)16-3-4-16)32(30,31)19-7-8-19/h5,9-11,13-16,18-19,28H,2-4,6-8,12H2,1H3,(H,25,26,29)/b21-13-/t15-,18-/m0/s1. The fourth-order valence-corrected chi connectivity index (χ4v) is 6.52. The van der Waals surface area contributed by atoms with Crippen LogP contribution in [0.1, 0.15) is 62.0 Å². The molecule has 0 saturated heterocycles. The highest BCUT2D eigenvalue weighted by molar-refractivity contribution is 7.92. The molecule has 8 heteroatoms. The van der Waals surface area contributed by atoms with Crippen molar-refractivity contribution >= 4 is 27.1 Å². The first-order valence-electron chi connectivity index (χ1n) is 11.4. The first kappa shape index (κ1) is 21.4. The van der Waals surface area contributed by atoms with E-state index in [0.717, 1.165) is 49.7 Å². The van der Waals surface area contributed by atoms with Crippen LogP contribution in [0, 0.1) is 5.92 Å². The van der Waals surface area contributed by atoms with Gasteiger partial charge in [0.25, 0.3) is 5.91 Å². The molecule has 0 unspecified atom stereocenters. The number of aromatic nitrogens is 2. The predicted molar refractivity (Wildman–Crippen MR) is 122 cm³/mol. The maximum atomic E-state index is 13.3. The summed E-state index contributed by atoms with van der Waals surface area (Å²) in [5, 5.41) is 16.8. The van der Waals surface area contributed by atoms with E-state index in [0.29, 0.717) is 22.7 Å². The van der Waals surface area contributed by atoms with Gasteiger partial charge in [-0.1, -0.05) is 12.1 Å². The number of aliphatic hydroxyl groups is 1. The van der Waals surface area contributed by atoms with Crippen molar-refractivity contribution in [1.29, 1.82) is 0 Å². The minimum atomic E-state index is -3.31. The number of hydrogen-bond donors (Lipinski definition) is 2. The maximum absolute atomic E-state index is 13.3. The van der Waals surface area contributed by atoms with Crippen molar-refractivity contribution in [3.05, 3.63) is 47.7 Å². The van der Waals surface area contributed by atoms with E-state index in [4.69, 9.17) is 0 Å². The summed E-state index contributed by atoms with van der Waals surface area (Å²) in [5.41, 5.74) is 2.07. The molecule has 7 nitrogen and oxygen atoms in total. The Morgan fingerprint density at radius 3 is 2.53 bits per heavy atom. The number of allylic oxidation sites excluding steroid dienone is 1. The van der Waals surface area contributed by atoms with Crippen molar-refractivity contribution in [1.82, 2.24) is 9.78 Å². The molecular formula is C24H29N3O4S. The second kappa shape index (κ2) is 8.15. The van der Waals surface area contributed by atoms with Gasteiger partial charge in [-0.05, 0) is 80.0 Å². The molecule has 0 radical (unpaired) electrons. The van der Waals surface area contributed by atoms with Crippen LogP contribution in [0.4, 0.5) is 5.82 Å². The van der Waals surface area contributed by atoms with Gasteiger partial charge in [0, 0.05) is 24.9 Å². The summed E-state index contributed by atoms with van der Waals surface area (Å²) in [7, 11) is -1.52. The Balaban J connectivity index is 1.52. The zero-order chi connectivity index (χ0) is 22.5. The Kier molecular flexibility index (Phi) is 5.45. The van der Waals surface area contributed by atoms with Crippen LogP contribution in [-0.2, 0) is 21.7 Å². The largest absolute Gasteiger partial charge is 0.393 e. The van der Waals surface area contributed by atoms with Gasteiger partial charge < -0.3 is 10.4 Å². The highest BCUT2D eigenvalue weighted by Gasteiger charge is 2.40. The van der Waals surface area contributed by atoms with Gasteiger partial charge in [-0.2, -0.15) is 5.10 Å². The third kappa shape index (κ3) is 4.38. The Morgan fingerprint density at radius 1 is 1.16 bits per heavy atom. The summed E-state index contributed by atoms with van der Waals surface area (Å²) in [6.07, 6.45) is 8.95. The SMILES string of the molecule is Cn1ccc(NC(=O)/C(=C\[C@H]2CC[C@H](O)C2)c2ccc(S(=O)(=O)C3CC3)c(C3CC3)c2)n1. The number of benzene rings is 1. The molecule has 2 N–H and O–H groups in total. The van der Waals surface area contributed by atoms with E-state index in [1.165, 1.54) is 0 Å². The van der Waals surface area contributed by atoms with Gasteiger partial charge >= 0.3 is 0 Å². The molecule has 1 aromatic carbocycles. The van der Waals surface area contributed by atoms with E-state index in [9.17, 15) is 18.3 Å². The fraction of sp³-hybridized carbons (Fsp3) is 0.500. The Morgan fingerprint density at radius 2 is 1.94 bits per heavy atom. The number of hydrogen-bond acceptors (Lipinski definition) is 5. The van der Waals surface area contributed by atoms with Gasteiger partial charge in [0.2, 0.25) is 0 Å². The lowest BCUT2D eigenvalue weighted by molar-refractivity contribution is -0.111. The third-order valence-corrected chi connectivity index (χ3v) is 8.99. The van der Waals surface area contributed by atoms with E-state index in [1.807, 2.05) is 12.1 Å². The first-order valence-corrected chi connectivity index (χ1v) is 12.9. The molecule has 3 aliphatic rings. The minimum absolute atomic E-state index is 0.105. The number of aryl methyl sites for hydroxylation is 1. The van der Waals surface area contributed by atoms with Crippen LogP contribution in [-0.4, -0.2) is 40.6 Å². The summed E-state index contributed by atoms with van der Waals surface area (Å²) in [5.74, 6) is 0.537. The number of sulfone groups is 1. The molecule has 1 amide bonds. The van der Waals surface area contributed by atoms with Crippen molar-refractivity contribution in [2.75, 3.05) is 5.32 Å². The summed E-state index contributed by atoms with van der Waals surface area (Å²) in [6, 6.07) is 7.09. The number of aliphatic hydroxyl groups excluding tert-OH is 1. The van der Waals surface area contributed by atoms with Crippen LogP contribution in [0.2, 0.25) is 0 Å².